The van der Waals surface area contributed by atoms with Crippen molar-refractivity contribution < 1.29 is 22.6 Å². The summed E-state index contributed by atoms with van der Waals surface area (Å²) in [5, 5.41) is 4.50. The van der Waals surface area contributed by atoms with E-state index >= 15 is 0 Å². The van der Waals surface area contributed by atoms with Crippen molar-refractivity contribution in [2.24, 2.45) is 0 Å². The minimum Gasteiger partial charge on any atom is -0.497 e. The molecular formula is C25H25F3N2O3. The summed E-state index contributed by atoms with van der Waals surface area (Å²) >= 11 is 0. The van der Waals surface area contributed by atoms with Crippen LogP contribution in [0.2, 0.25) is 0 Å². The number of alkyl halides is 3. The van der Waals surface area contributed by atoms with Crippen molar-refractivity contribution >= 4 is 0 Å². The van der Waals surface area contributed by atoms with E-state index in [-0.39, 0.29) is 5.69 Å². The van der Waals surface area contributed by atoms with E-state index in [1.807, 2.05) is 6.92 Å². The molecule has 0 aliphatic heterocycles. The largest absolute Gasteiger partial charge is 0.497 e. The Hall–Kier alpha value is -3.29. The predicted molar refractivity (Wildman–Crippen MR) is 119 cm³/mol. The normalized spacial score (nSPS) is 13.2. The van der Waals surface area contributed by atoms with Gasteiger partial charge >= 0.3 is 6.18 Å². The van der Waals surface area contributed by atoms with Gasteiger partial charge in [0.05, 0.1) is 31.2 Å². The molecule has 1 aromatic heterocycles. The summed E-state index contributed by atoms with van der Waals surface area (Å²) in [4.78, 5) is 13.3. The molecule has 1 heterocycles. The van der Waals surface area contributed by atoms with E-state index in [0.717, 1.165) is 34.7 Å². The molecule has 2 aromatic carbocycles. The molecule has 8 heteroatoms. The minimum atomic E-state index is -4.63. The third-order valence-corrected chi connectivity index (χ3v) is 5.91. The summed E-state index contributed by atoms with van der Waals surface area (Å²) < 4.78 is 53.3. The van der Waals surface area contributed by atoms with E-state index in [1.165, 1.54) is 26.4 Å². The van der Waals surface area contributed by atoms with Crippen LogP contribution in [-0.4, -0.2) is 24.0 Å². The number of nitrogens with zero attached hydrogens (tertiary/aromatic N) is 2. The highest BCUT2D eigenvalue weighted by molar-refractivity contribution is 5.69. The average molecular weight is 458 g/mol. The molecule has 0 atom stereocenters. The number of halogens is 3. The third kappa shape index (κ3) is 4.34. The zero-order valence-corrected chi connectivity index (χ0v) is 18.8. The molecule has 0 saturated heterocycles. The summed E-state index contributed by atoms with van der Waals surface area (Å²) in [5.41, 5.74) is 1.46. The van der Waals surface area contributed by atoms with Crippen LogP contribution in [0.4, 0.5) is 13.2 Å². The first-order chi connectivity index (χ1) is 15.8. The van der Waals surface area contributed by atoms with E-state index in [1.54, 1.807) is 18.2 Å². The molecular weight excluding hydrogens is 433 g/mol. The van der Waals surface area contributed by atoms with Gasteiger partial charge in [0.15, 0.2) is 0 Å². The molecule has 174 valence electrons. The molecule has 1 aliphatic rings. The Balaban J connectivity index is 2.02. The summed E-state index contributed by atoms with van der Waals surface area (Å²) in [6, 6.07) is 9.12. The second kappa shape index (κ2) is 8.92. The highest BCUT2D eigenvalue weighted by Gasteiger charge is 2.35. The smallest absolute Gasteiger partial charge is 0.418 e. The van der Waals surface area contributed by atoms with Gasteiger partial charge < -0.3 is 9.47 Å². The molecule has 0 radical (unpaired) electrons. The maximum atomic E-state index is 13.9. The van der Waals surface area contributed by atoms with Crippen LogP contribution in [0.25, 0.3) is 16.9 Å². The van der Waals surface area contributed by atoms with Gasteiger partial charge in [0.25, 0.3) is 5.56 Å². The molecule has 0 saturated carbocycles. The van der Waals surface area contributed by atoms with Crippen molar-refractivity contribution in [1.29, 1.82) is 0 Å². The van der Waals surface area contributed by atoms with E-state index in [9.17, 15) is 18.0 Å². The van der Waals surface area contributed by atoms with Crippen LogP contribution in [0, 0.1) is 0 Å². The van der Waals surface area contributed by atoms with E-state index < -0.39 is 17.3 Å². The molecule has 0 amide bonds. The van der Waals surface area contributed by atoms with E-state index in [2.05, 4.69) is 5.10 Å². The Morgan fingerprint density at radius 2 is 1.67 bits per heavy atom. The van der Waals surface area contributed by atoms with Crippen LogP contribution >= 0.6 is 0 Å². The first-order valence-corrected chi connectivity index (χ1v) is 10.9. The molecule has 5 nitrogen and oxygen atoms in total. The van der Waals surface area contributed by atoms with E-state index in [0.29, 0.717) is 47.6 Å². The van der Waals surface area contributed by atoms with Crippen LogP contribution in [0.5, 0.6) is 11.5 Å². The molecule has 3 aromatic rings. The van der Waals surface area contributed by atoms with Crippen molar-refractivity contribution in [1.82, 2.24) is 9.78 Å². The van der Waals surface area contributed by atoms with Gasteiger partial charge in [-0.15, -0.1) is 0 Å². The van der Waals surface area contributed by atoms with Gasteiger partial charge in [-0.25, -0.2) is 0 Å². The van der Waals surface area contributed by atoms with Gasteiger partial charge in [0.1, 0.15) is 11.5 Å². The van der Waals surface area contributed by atoms with Crippen molar-refractivity contribution in [3.05, 3.63) is 69.0 Å². The highest BCUT2D eigenvalue weighted by atomic mass is 19.4. The number of hydrogen-bond acceptors (Lipinski definition) is 4. The number of rotatable bonds is 6. The Kier molecular flexibility index (Phi) is 6.19. The first-order valence-electron chi connectivity index (χ1n) is 10.9. The first kappa shape index (κ1) is 22.9. The molecule has 0 fully saturated rings. The van der Waals surface area contributed by atoms with Gasteiger partial charge in [-0.05, 0) is 61.1 Å². The average Bonchev–Trinajstić information content (AvgIpc) is 3.29. The number of aryl methyl sites for hydroxylation is 1. The molecule has 0 unspecified atom stereocenters. The Morgan fingerprint density at radius 1 is 1.00 bits per heavy atom. The number of hydrogen-bond donors (Lipinski definition) is 0. The number of benzene rings is 2. The fourth-order valence-electron chi connectivity index (χ4n) is 4.35. The SMILES string of the molecule is CCCc1ccc(C(F)(F)F)c(-n2nc(-c3cc(OC)cc(OC)c3)c3c(c2=O)CCC3)c1. The lowest BCUT2D eigenvalue weighted by Crippen LogP contribution is -2.28. The van der Waals surface area contributed by atoms with Crippen LogP contribution < -0.4 is 15.0 Å². The molecule has 4 rings (SSSR count). The van der Waals surface area contributed by atoms with Crippen LogP contribution in [0.1, 0.15) is 42.0 Å². The molecule has 1 aliphatic carbocycles. The van der Waals surface area contributed by atoms with E-state index in [4.69, 9.17) is 9.47 Å². The standard InChI is InChI=1S/C25H25F3N2O3/c1-4-6-15-9-10-21(25(26,27)28)22(11-15)30-24(31)20-8-5-7-19(20)23(29-30)16-12-17(32-2)14-18(13-16)33-3/h9-14H,4-8H2,1-3H3. The quantitative estimate of drug-likeness (QED) is 0.498. The Morgan fingerprint density at radius 3 is 2.27 bits per heavy atom. The summed E-state index contributed by atoms with van der Waals surface area (Å²) in [6.07, 6.45) is -1.38. The topological polar surface area (TPSA) is 53.4 Å². The summed E-state index contributed by atoms with van der Waals surface area (Å²) in [7, 11) is 3.04. The second-order valence-corrected chi connectivity index (χ2v) is 8.08. The third-order valence-electron chi connectivity index (χ3n) is 5.91. The molecule has 33 heavy (non-hydrogen) atoms. The monoisotopic (exact) mass is 458 g/mol. The fourth-order valence-corrected chi connectivity index (χ4v) is 4.35. The minimum absolute atomic E-state index is 0.246. The van der Waals surface area contributed by atoms with Gasteiger partial charge in [-0.2, -0.15) is 23.0 Å². The van der Waals surface area contributed by atoms with Crippen molar-refractivity contribution in [3.8, 4) is 28.4 Å². The van der Waals surface area contributed by atoms with Crippen LogP contribution in [-0.2, 0) is 25.4 Å². The molecule has 0 N–H and O–H groups in total. The van der Waals surface area contributed by atoms with Gasteiger partial charge in [0, 0.05) is 17.2 Å². The van der Waals surface area contributed by atoms with Crippen LogP contribution in [0.15, 0.2) is 41.2 Å². The number of ether oxygens (including phenoxy) is 2. The Bertz CT molecular complexity index is 1230. The maximum Gasteiger partial charge on any atom is 0.418 e. The number of fused-ring (bicyclic) bond motifs is 1. The second-order valence-electron chi connectivity index (χ2n) is 8.08. The molecule has 0 bridgehead atoms. The summed E-state index contributed by atoms with van der Waals surface area (Å²) in [6.45, 7) is 1.95. The summed E-state index contributed by atoms with van der Waals surface area (Å²) in [5.74, 6) is 1.05. The zero-order chi connectivity index (χ0) is 23.8. The lowest BCUT2D eigenvalue weighted by Gasteiger charge is -2.18. The molecule has 0 spiro atoms. The number of methoxy groups -OCH3 is 2. The van der Waals surface area contributed by atoms with Gasteiger partial charge in [-0.3, -0.25) is 4.79 Å². The lowest BCUT2D eigenvalue weighted by atomic mass is 10.0. The van der Waals surface area contributed by atoms with Gasteiger partial charge in [-0.1, -0.05) is 19.4 Å². The highest BCUT2D eigenvalue weighted by Crippen LogP contribution is 2.37. The number of aromatic nitrogens is 2. The lowest BCUT2D eigenvalue weighted by molar-refractivity contribution is -0.137. The van der Waals surface area contributed by atoms with Crippen molar-refractivity contribution in [2.75, 3.05) is 14.2 Å². The van der Waals surface area contributed by atoms with Crippen LogP contribution in [0.3, 0.4) is 0 Å². The van der Waals surface area contributed by atoms with Crippen molar-refractivity contribution in [2.45, 2.75) is 45.2 Å². The fraction of sp³-hybridized carbons (Fsp3) is 0.360. The van der Waals surface area contributed by atoms with Gasteiger partial charge in [0.2, 0.25) is 0 Å². The zero-order valence-electron chi connectivity index (χ0n) is 18.8. The maximum absolute atomic E-state index is 13.9. The Labute approximate surface area is 189 Å². The van der Waals surface area contributed by atoms with Crippen molar-refractivity contribution in [3.63, 3.8) is 0 Å². The predicted octanol–water partition coefficient (Wildman–Crippen LogP) is 5.38.